The standard InChI is InChI=1S/C15H30N2/c1-3-4-7-13-10-15(12-17(2)11-13)16-14-8-5-6-9-14/h13-16H,3-12H2,1-2H3. The fraction of sp³-hybridized carbons (Fsp3) is 1.00. The minimum Gasteiger partial charge on any atom is -0.310 e. The highest BCUT2D eigenvalue weighted by atomic mass is 15.1. The van der Waals surface area contributed by atoms with E-state index in [1.807, 2.05) is 0 Å². The van der Waals surface area contributed by atoms with Crippen LogP contribution in [0, 0.1) is 5.92 Å². The van der Waals surface area contributed by atoms with E-state index in [0.29, 0.717) is 0 Å². The molecule has 1 aliphatic carbocycles. The second-order valence-corrected chi connectivity index (χ2v) is 6.31. The fourth-order valence-corrected chi connectivity index (χ4v) is 3.69. The van der Waals surface area contributed by atoms with Crippen LogP contribution in [0.25, 0.3) is 0 Å². The number of nitrogens with one attached hydrogen (secondary N) is 1. The summed E-state index contributed by atoms with van der Waals surface area (Å²) in [5.41, 5.74) is 0. The summed E-state index contributed by atoms with van der Waals surface area (Å²) in [6.45, 7) is 4.89. The van der Waals surface area contributed by atoms with Gasteiger partial charge in [-0.1, -0.05) is 32.6 Å². The van der Waals surface area contributed by atoms with E-state index in [1.165, 1.54) is 64.5 Å². The highest BCUT2D eigenvalue weighted by molar-refractivity contribution is 4.86. The second kappa shape index (κ2) is 6.75. The summed E-state index contributed by atoms with van der Waals surface area (Å²) in [5.74, 6) is 0.938. The molecule has 1 aliphatic heterocycles. The maximum absolute atomic E-state index is 3.91. The van der Waals surface area contributed by atoms with Crippen molar-refractivity contribution in [3.8, 4) is 0 Å². The first-order valence-corrected chi connectivity index (χ1v) is 7.72. The van der Waals surface area contributed by atoms with Crippen LogP contribution in [0.4, 0.5) is 0 Å². The minimum absolute atomic E-state index is 0.763. The third-order valence-electron chi connectivity index (χ3n) is 4.51. The van der Waals surface area contributed by atoms with E-state index < -0.39 is 0 Å². The van der Waals surface area contributed by atoms with Gasteiger partial charge < -0.3 is 10.2 Å². The summed E-state index contributed by atoms with van der Waals surface area (Å²) >= 11 is 0. The highest BCUT2D eigenvalue weighted by Crippen LogP contribution is 2.24. The zero-order valence-electron chi connectivity index (χ0n) is 11.8. The summed E-state index contributed by atoms with van der Waals surface area (Å²) in [7, 11) is 2.29. The van der Waals surface area contributed by atoms with Gasteiger partial charge in [-0.25, -0.2) is 0 Å². The lowest BCUT2D eigenvalue weighted by molar-refractivity contribution is 0.154. The third-order valence-corrected chi connectivity index (χ3v) is 4.51. The predicted molar refractivity (Wildman–Crippen MR) is 74.3 cm³/mol. The van der Waals surface area contributed by atoms with E-state index in [0.717, 1.165) is 18.0 Å². The Kier molecular flexibility index (Phi) is 5.30. The number of hydrogen-bond acceptors (Lipinski definition) is 2. The first-order chi connectivity index (χ1) is 8.28. The summed E-state index contributed by atoms with van der Waals surface area (Å²) in [6, 6.07) is 1.59. The van der Waals surface area contributed by atoms with E-state index in [9.17, 15) is 0 Å². The molecule has 0 aromatic heterocycles. The van der Waals surface area contributed by atoms with Gasteiger partial charge in [-0.2, -0.15) is 0 Å². The smallest absolute Gasteiger partial charge is 0.0200 e. The Morgan fingerprint density at radius 3 is 2.59 bits per heavy atom. The average molecular weight is 238 g/mol. The molecule has 0 amide bonds. The van der Waals surface area contributed by atoms with Crippen LogP contribution in [0.2, 0.25) is 0 Å². The topological polar surface area (TPSA) is 15.3 Å². The zero-order valence-corrected chi connectivity index (χ0v) is 11.8. The predicted octanol–water partition coefficient (Wildman–Crippen LogP) is 3.03. The van der Waals surface area contributed by atoms with Crippen LogP contribution >= 0.6 is 0 Å². The average Bonchev–Trinajstić information content (AvgIpc) is 2.78. The quantitative estimate of drug-likeness (QED) is 0.792. The molecule has 1 heterocycles. The lowest BCUT2D eigenvalue weighted by atomic mass is 9.90. The Labute approximate surface area is 107 Å². The van der Waals surface area contributed by atoms with Gasteiger partial charge in [-0.15, -0.1) is 0 Å². The lowest BCUT2D eigenvalue weighted by Crippen LogP contribution is -2.50. The molecule has 1 saturated carbocycles. The van der Waals surface area contributed by atoms with Crippen molar-refractivity contribution >= 4 is 0 Å². The summed E-state index contributed by atoms with van der Waals surface area (Å²) in [4.78, 5) is 2.54. The van der Waals surface area contributed by atoms with Gasteiger partial charge >= 0.3 is 0 Å². The normalized spacial score (nSPS) is 32.1. The monoisotopic (exact) mass is 238 g/mol. The number of nitrogens with zero attached hydrogens (tertiary/aromatic N) is 1. The molecule has 0 aromatic carbocycles. The van der Waals surface area contributed by atoms with Crippen LogP contribution in [-0.2, 0) is 0 Å². The van der Waals surface area contributed by atoms with Crippen molar-refractivity contribution in [2.75, 3.05) is 20.1 Å². The molecule has 100 valence electrons. The molecule has 0 bridgehead atoms. The number of hydrogen-bond donors (Lipinski definition) is 1. The van der Waals surface area contributed by atoms with E-state index in [4.69, 9.17) is 0 Å². The molecule has 2 aliphatic rings. The number of rotatable bonds is 5. The molecule has 2 fully saturated rings. The van der Waals surface area contributed by atoms with Crippen LogP contribution in [0.3, 0.4) is 0 Å². The van der Waals surface area contributed by atoms with Gasteiger partial charge in [0.15, 0.2) is 0 Å². The van der Waals surface area contributed by atoms with E-state index in [1.54, 1.807) is 0 Å². The molecule has 17 heavy (non-hydrogen) atoms. The van der Waals surface area contributed by atoms with Gasteiger partial charge in [-0.3, -0.25) is 0 Å². The summed E-state index contributed by atoms with van der Waals surface area (Å²) in [6.07, 6.45) is 11.3. The van der Waals surface area contributed by atoms with Crippen molar-refractivity contribution < 1.29 is 0 Å². The van der Waals surface area contributed by atoms with Gasteiger partial charge in [-0.05, 0) is 38.6 Å². The first-order valence-electron chi connectivity index (χ1n) is 7.72. The van der Waals surface area contributed by atoms with Gasteiger partial charge in [0.25, 0.3) is 0 Å². The molecule has 0 radical (unpaired) electrons. The molecule has 2 unspecified atom stereocenters. The van der Waals surface area contributed by atoms with Crippen molar-refractivity contribution in [1.82, 2.24) is 10.2 Å². The lowest BCUT2D eigenvalue weighted by Gasteiger charge is -2.37. The Morgan fingerprint density at radius 2 is 1.88 bits per heavy atom. The minimum atomic E-state index is 0.763. The molecule has 0 spiro atoms. The number of likely N-dealkylation sites (N-methyl/N-ethyl adjacent to an activating group) is 1. The van der Waals surface area contributed by atoms with E-state index >= 15 is 0 Å². The van der Waals surface area contributed by atoms with Crippen LogP contribution in [0.15, 0.2) is 0 Å². The number of unbranched alkanes of at least 4 members (excludes halogenated alkanes) is 1. The van der Waals surface area contributed by atoms with Gasteiger partial charge in [0.1, 0.15) is 0 Å². The fourth-order valence-electron chi connectivity index (χ4n) is 3.69. The zero-order chi connectivity index (χ0) is 12.1. The molecule has 2 rings (SSSR count). The number of likely N-dealkylation sites (tertiary alicyclic amines) is 1. The second-order valence-electron chi connectivity index (χ2n) is 6.31. The SMILES string of the molecule is CCCCC1CC(NC2CCCC2)CN(C)C1. The Bertz CT molecular complexity index is 211. The molecule has 0 aromatic rings. The molecule has 1 N–H and O–H groups in total. The maximum Gasteiger partial charge on any atom is 0.0200 e. The van der Waals surface area contributed by atoms with Crippen LogP contribution in [-0.4, -0.2) is 37.1 Å². The molecule has 2 heteroatoms. The maximum atomic E-state index is 3.91. The largest absolute Gasteiger partial charge is 0.310 e. The number of piperidine rings is 1. The molecule has 2 nitrogen and oxygen atoms in total. The van der Waals surface area contributed by atoms with Crippen LogP contribution in [0.5, 0.6) is 0 Å². The molecular formula is C15H30N2. The third kappa shape index (κ3) is 4.26. The van der Waals surface area contributed by atoms with E-state index in [-0.39, 0.29) is 0 Å². The molecular weight excluding hydrogens is 208 g/mol. The Morgan fingerprint density at radius 1 is 1.12 bits per heavy atom. The summed E-state index contributed by atoms with van der Waals surface area (Å²) in [5, 5.41) is 3.91. The van der Waals surface area contributed by atoms with Crippen LogP contribution in [0.1, 0.15) is 58.3 Å². The van der Waals surface area contributed by atoms with Crippen molar-refractivity contribution in [2.24, 2.45) is 5.92 Å². The molecule has 1 saturated heterocycles. The van der Waals surface area contributed by atoms with Crippen molar-refractivity contribution in [3.63, 3.8) is 0 Å². The Hall–Kier alpha value is -0.0800. The van der Waals surface area contributed by atoms with Gasteiger partial charge in [0.05, 0.1) is 0 Å². The van der Waals surface area contributed by atoms with Crippen LogP contribution < -0.4 is 5.32 Å². The van der Waals surface area contributed by atoms with Crippen molar-refractivity contribution in [3.05, 3.63) is 0 Å². The van der Waals surface area contributed by atoms with E-state index in [2.05, 4.69) is 24.2 Å². The Balaban J connectivity index is 1.76. The van der Waals surface area contributed by atoms with Crippen molar-refractivity contribution in [2.45, 2.75) is 70.4 Å². The highest BCUT2D eigenvalue weighted by Gasteiger charge is 2.27. The molecule has 2 atom stereocenters. The first kappa shape index (κ1) is 13.4. The van der Waals surface area contributed by atoms with Gasteiger partial charge in [0, 0.05) is 25.2 Å². The van der Waals surface area contributed by atoms with Crippen molar-refractivity contribution in [1.29, 1.82) is 0 Å². The summed E-state index contributed by atoms with van der Waals surface area (Å²) < 4.78 is 0. The van der Waals surface area contributed by atoms with Gasteiger partial charge in [0.2, 0.25) is 0 Å².